The zero-order valence-corrected chi connectivity index (χ0v) is 16.1. The molecule has 1 aliphatic heterocycles. The van der Waals surface area contributed by atoms with Gasteiger partial charge in [-0.3, -0.25) is 9.59 Å². The lowest BCUT2D eigenvalue weighted by molar-refractivity contribution is -0.124. The summed E-state index contributed by atoms with van der Waals surface area (Å²) in [6.45, 7) is 0.592. The number of nitrogens with one attached hydrogen (secondary N) is 1. The van der Waals surface area contributed by atoms with Gasteiger partial charge in [0.15, 0.2) is 5.76 Å². The second kappa shape index (κ2) is 8.18. The summed E-state index contributed by atoms with van der Waals surface area (Å²) in [5.74, 6) is 0.855. The molecule has 0 saturated heterocycles. The normalized spacial score (nSPS) is 12.5. The summed E-state index contributed by atoms with van der Waals surface area (Å²) in [5, 5.41) is 6.62. The number of para-hydroxylation sites is 1. The summed E-state index contributed by atoms with van der Waals surface area (Å²) in [6.07, 6.45) is 0.874. The molecule has 4 rings (SSSR count). The second-order valence-corrected chi connectivity index (χ2v) is 6.79. The number of benzene rings is 2. The number of carbonyl (C=O) groups is 2. The van der Waals surface area contributed by atoms with E-state index in [-0.39, 0.29) is 24.8 Å². The lowest BCUT2D eigenvalue weighted by Gasteiger charge is -2.17. The quantitative estimate of drug-likeness (QED) is 0.698. The van der Waals surface area contributed by atoms with E-state index in [0.717, 1.165) is 23.2 Å². The average molecular weight is 391 g/mol. The Morgan fingerprint density at radius 1 is 1.17 bits per heavy atom. The number of ether oxygens (including phenoxy) is 1. The molecule has 148 valence electrons. The molecule has 0 fully saturated rings. The van der Waals surface area contributed by atoms with E-state index in [9.17, 15) is 9.59 Å². The first-order valence-electron chi connectivity index (χ1n) is 9.39. The number of nitrogens with zero attached hydrogens (tertiary/aromatic N) is 2. The topological polar surface area (TPSA) is 84.7 Å². The Bertz CT molecular complexity index is 1040. The molecule has 7 nitrogen and oxygen atoms in total. The highest BCUT2D eigenvalue weighted by molar-refractivity contribution is 5.98. The number of carbonyl (C=O) groups excluding carboxylic acids is 2. The molecule has 0 bridgehead atoms. The van der Waals surface area contributed by atoms with Crippen LogP contribution in [0.1, 0.15) is 11.3 Å². The van der Waals surface area contributed by atoms with E-state index in [1.807, 2.05) is 48.5 Å². The van der Waals surface area contributed by atoms with Crippen LogP contribution in [0.3, 0.4) is 0 Å². The third-order valence-electron chi connectivity index (χ3n) is 4.88. The van der Waals surface area contributed by atoms with E-state index in [0.29, 0.717) is 23.7 Å². The minimum atomic E-state index is -0.281. The fourth-order valence-electron chi connectivity index (χ4n) is 3.40. The molecule has 0 atom stereocenters. The number of methoxy groups -OCH3 is 1. The molecule has 3 aromatic rings. The first-order chi connectivity index (χ1) is 14.1. The van der Waals surface area contributed by atoms with Crippen LogP contribution in [0.2, 0.25) is 0 Å². The Kier molecular flexibility index (Phi) is 5.29. The Morgan fingerprint density at radius 3 is 2.90 bits per heavy atom. The minimum absolute atomic E-state index is 0.0390. The molecule has 0 unspecified atom stereocenters. The van der Waals surface area contributed by atoms with Gasteiger partial charge in [0.25, 0.3) is 0 Å². The van der Waals surface area contributed by atoms with Crippen LogP contribution in [0.25, 0.3) is 11.3 Å². The molecule has 29 heavy (non-hydrogen) atoms. The van der Waals surface area contributed by atoms with Crippen molar-refractivity contribution in [2.45, 2.75) is 12.8 Å². The van der Waals surface area contributed by atoms with Crippen LogP contribution < -0.4 is 15.0 Å². The number of amides is 2. The summed E-state index contributed by atoms with van der Waals surface area (Å²) < 4.78 is 10.5. The van der Waals surface area contributed by atoms with E-state index >= 15 is 0 Å². The number of fused-ring (bicyclic) bond motifs is 1. The maximum Gasteiger partial charge on any atom is 0.246 e. The number of hydrogen-bond donors (Lipinski definition) is 1. The molecule has 7 heteroatoms. The first-order valence-corrected chi connectivity index (χ1v) is 9.39. The summed E-state index contributed by atoms with van der Waals surface area (Å²) in [4.78, 5) is 26.4. The van der Waals surface area contributed by atoms with Crippen LogP contribution in [0.4, 0.5) is 5.69 Å². The van der Waals surface area contributed by atoms with Crippen LogP contribution >= 0.6 is 0 Å². The Hall–Kier alpha value is -3.61. The maximum atomic E-state index is 12.5. The number of rotatable bonds is 6. The Labute approximate surface area is 168 Å². The highest BCUT2D eigenvalue weighted by Crippen LogP contribution is 2.27. The molecule has 2 heterocycles. The van der Waals surface area contributed by atoms with E-state index in [2.05, 4.69) is 10.5 Å². The minimum Gasteiger partial charge on any atom is -0.497 e. The number of aromatic nitrogens is 1. The van der Waals surface area contributed by atoms with E-state index in [1.165, 1.54) is 0 Å². The molecule has 0 spiro atoms. The molecule has 2 amide bonds. The average Bonchev–Trinajstić information content (AvgIpc) is 3.39. The monoisotopic (exact) mass is 391 g/mol. The van der Waals surface area contributed by atoms with Gasteiger partial charge in [-0.1, -0.05) is 35.5 Å². The van der Waals surface area contributed by atoms with Crippen molar-refractivity contribution >= 4 is 17.5 Å². The van der Waals surface area contributed by atoms with Crippen molar-refractivity contribution in [3.63, 3.8) is 0 Å². The highest BCUT2D eigenvalue weighted by Gasteiger charge is 2.24. The molecule has 1 N–H and O–H groups in total. The SMILES string of the molecule is COc1cccc(-c2cc(CC(=O)NCC(=O)N3CCc4ccccc43)no2)c1. The maximum absolute atomic E-state index is 12.5. The van der Waals surface area contributed by atoms with E-state index in [1.54, 1.807) is 18.1 Å². The Balaban J connectivity index is 1.32. The van der Waals surface area contributed by atoms with Crippen molar-refractivity contribution in [3.05, 3.63) is 65.9 Å². The largest absolute Gasteiger partial charge is 0.497 e. The molecule has 0 radical (unpaired) electrons. The number of hydrogen-bond acceptors (Lipinski definition) is 5. The summed E-state index contributed by atoms with van der Waals surface area (Å²) in [6, 6.07) is 16.9. The van der Waals surface area contributed by atoms with Gasteiger partial charge in [-0.05, 0) is 30.2 Å². The predicted molar refractivity (Wildman–Crippen MR) is 108 cm³/mol. The van der Waals surface area contributed by atoms with E-state index in [4.69, 9.17) is 9.26 Å². The van der Waals surface area contributed by atoms with Gasteiger partial charge >= 0.3 is 0 Å². The van der Waals surface area contributed by atoms with Gasteiger partial charge in [0, 0.05) is 23.9 Å². The van der Waals surface area contributed by atoms with Crippen LogP contribution in [0, 0.1) is 0 Å². The zero-order valence-electron chi connectivity index (χ0n) is 16.1. The van der Waals surface area contributed by atoms with Crippen LogP contribution in [-0.2, 0) is 22.4 Å². The predicted octanol–water partition coefficient (Wildman–Crippen LogP) is 2.60. The fraction of sp³-hybridized carbons (Fsp3) is 0.227. The fourth-order valence-corrected chi connectivity index (χ4v) is 3.40. The lowest BCUT2D eigenvalue weighted by Crippen LogP contribution is -2.39. The van der Waals surface area contributed by atoms with Crippen LogP contribution in [0.5, 0.6) is 5.75 Å². The van der Waals surface area contributed by atoms with Gasteiger partial charge < -0.3 is 19.5 Å². The Morgan fingerprint density at radius 2 is 2.03 bits per heavy atom. The van der Waals surface area contributed by atoms with Gasteiger partial charge in [0.2, 0.25) is 11.8 Å². The van der Waals surface area contributed by atoms with Gasteiger partial charge in [0.05, 0.1) is 25.8 Å². The molecule has 1 aliphatic rings. The molecule has 0 saturated carbocycles. The summed E-state index contributed by atoms with van der Waals surface area (Å²) >= 11 is 0. The van der Waals surface area contributed by atoms with Crippen molar-refractivity contribution in [1.29, 1.82) is 0 Å². The standard InChI is InChI=1S/C22H21N3O4/c1-28-18-7-4-6-16(11-18)20-12-17(24-29-20)13-21(26)23-14-22(27)25-10-9-15-5-2-3-8-19(15)25/h2-8,11-12H,9-10,13-14H2,1H3,(H,23,26). The lowest BCUT2D eigenvalue weighted by atomic mass is 10.1. The molecular weight excluding hydrogens is 370 g/mol. The smallest absolute Gasteiger partial charge is 0.246 e. The third-order valence-corrected chi connectivity index (χ3v) is 4.88. The second-order valence-electron chi connectivity index (χ2n) is 6.79. The van der Waals surface area contributed by atoms with Gasteiger partial charge in [0.1, 0.15) is 5.75 Å². The van der Waals surface area contributed by atoms with Crippen molar-refractivity contribution < 1.29 is 18.8 Å². The van der Waals surface area contributed by atoms with Crippen LogP contribution in [0.15, 0.2) is 59.1 Å². The third kappa shape index (κ3) is 4.13. The molecule has 1 aromatic heterocycles. The summed E-state index contributed by atoms with van der Waals surface area (Å²) in [5.41, 5.74) is 3.39. The highest BCUT2D eigenvalue weighted by atomic mass is 16.5. The van der Waals surface area contributed by atoms with Crippen molar-refractivity contribution in [3.8, 4) is 17.1 Å². The van der Waals surface area contributed by atoms with Gasteiger partial charge in [-0.15, -0.1) is 0 Å². The molecule has 0 aliphatic carbocycles. The summed E-state index contributed by atoms with van der Waals surface area (Å²) in [7, 11) is 1.59. The molecular formula is C22H21N3O4. The van der Waals surface area contributed by atoms with Crippen molar-refractivity contribution in [2.75, 3.05) is 25.1 Å². The van der Waals surface area contributed by atoms with Gasteiger partial charge in [-0.25, -0.2) is 0 Å². The zero-order chi connectivity index (χ0) is 20.2. The number of anilines is 1. The van der Waals surface area contributed by atoms with Gasteiger partial charge in [-0.2, -0.15) is 0 Å². The van der Waals surface area contributed by atoms with Crippen molar-refractivity contribution in [1.82, 2.24) is 10.5 Å². The first kappa shape index (κ1) is 18.7. The van der Waals surface area contributed by atoms with Crippen LogP contribution in [-0.4, -0.2) is 37.2 Å². The van der Waals surface area contributed by atoms with Crippen molar-refractivity contribution in [2.24, 2.45) is 0 Å². The van der Waals surface area contributed by atoms with E-state index < -0.39 is 0 Å². The molecule has 2 aromatic carbocycles.